The molecule has 3 heterocycles. The highest BCUT2D eigenvalue weighted by Crippen LogP contribution is 2.21. The Labute approximate surface area is 146 Å². The molecule has 0 spiro atoms. The van der Waals surface area contributed by atoms with Gasteiger partial charge in [0.25, 0.3) is 11.5 Å². The molecule has 0 unspecified atom stereocenters. The first-order chi connectivity index (χ1) is 11.1. The second-order valence-corrected chi connectivity index (χ2v) is 7.17. The SMILES string of the molecule is O=C(c1cc(Br)cs1)N1CCN(CCn2ncccc2=O)CC1. The van der Waals surface area contributed by atoms with Gasteiger partial charge in [0.05, 0.1) is 11.4 Å². The molecule has 0 atom stereocenters. The Kier molecular flexibility index (Phi) is 5.24. The first kappa shape index (κ1) is 16.4. The van der Waals surface area contributed by atoms with Crippen molar-refractivity contribution < 1.29 is 4.79 Å². The molecule has 2 aromatic heterocycles. The van der Waals surface area contributed by atoms with Crippen molar-refractivity contribution in [1.29, 1.82) is 0 Å². The van der Waals surface area contributed by atoms with Gasteiger partial charge in [0, 0.05) is 54.8 Å². The molecule has 0 aliphatic carbocycles. The van der Waals surface area contributed by atoms with Gasteiger partial charge in [0.15, 0.2) is 0 Å². The molecule has 8 heteroatoms. The van der Waals surface area contributed by atoms with Gasteiger partial charge in [0.2, 0.25) is 0 Å². The van der Waals surface area contributed by atoms with Crippen molar-refractivity contribution in [2.45, 2.75) is 6.54 Å². The van der Waals surface area contributed by atoms with Crippen molar-refractivity contribution in [3.63, 3.8) is 0 Å². The van der Waals surface area contributed by atoms with Gasteiger partial charge < -0.3 is 4.90 Å². The van der Waals surface area contributed by atoms with Gasteiger partial charge in [-0.25, -0.2) is 4.68 Å². The van der Waals surface area contributed by atoms with Crippen molar-refractivity contribution in [1.82, 2.24) is 19.6 Å². The Morgan fingerprint density at radius 2 is 2.04 bits per heavy atom. The number of carbonyl (C=O) groups excluding carboxylic acids is 1. The van der Waals surface area contributed by atoms with Crippen LogP contribution in [0.4, 0.5) is 0 Å². The van der Waals surface area contributed by atoms with E-state index in [0.717, 1.165) is 29.0 Å². The zero-order chi connectivity index (χ0) is 16.2. The van der Waals surface area contributed by atoms with Gasteiger partial charge in [0.1, 0.15) is 0 Å². The number of hydrogen-bond acceptors (Lipinski definition) is 5. The lowest BCUT2D eigenvalue weighted by molar-refractivity contribution is 0.0636. The molecule has 122 valence electrons. The number of piperazine rings is 1. The molecule has 0 radical (unpaired) electrons. The maximum atomic E-state index is 12.4. The number of thiophene rings is 1. The molecule has 1 aliphatic heterocycles. The van der Waals surface area contributed by atoms with E-state index in [-0.39, 0.29) is 11.5 Å². The summed E-state index contributed by atoms with van der Waals surface area (Å²) in [6, 6.07) is 5.03. The maximum Gasteiger partial charge on any atom is 0.266 e. The van der Waals surface area contributed by atoms with Crippen LogP contribution in [0.5, 0.6) is 0 Å². The largest absolute Gasteiger partial charge is 0.335 e. The first-order valence-corrected chi connectivity index (χ1v) is 9.08. The van der Waals surface area contributed by atoms with Gasteiger partial charge in [-0.3, -0.25) is 14.5 Å². The molecule has 0 aromatic carbocycles. The summed E-state index contributed by atoms with van der Waals surface area (Å²) < 4.78 is 2.42. The van der Waals surface area contributed by atoms with Crippen molar-refractivity contribution in [3.05, 3.63) is 49.5 Å². The predicted molar refractivity (Wildman–Crippen MR) is 92.9 cm³/mol. The monoisotopic (exact) mass is 396 g/mol. The van der Waals surface area contributed by atoms with E-state index in [4.69, 9.17) is 0 Å². The molecule has 6 nitrogen and oxygen atoms in total. The third kappa shape index (κ3) is 4.07. The molecular weight excluding hydrogens is 380 g/mol. The molecule has 2 aromatic rings. The summed E-state index contributed by atoms with van der Waals surface area (Å²) in [6.07, 6.45) is 1.62. The van der Waals surface area contributed by atoms with Crippen molar-refractivity contribution >= 4 is 33.2 Å². The van der Waals surface area contributed by atoms with E-state index in [1.165, 1.54) is 22.1 Å². The zero-order valence-corrected chi connectivity index (χ0v) is 14.9. The van der Waals surface area contributed by atoms with Gasteiger partial charge >= 0.3 is 0 Å². The molecule has 3 rings (SSSR count). The summed E-state index contributed by atoms with van der Waals surface area (Å²) in [5.74, 6) is 0.0984. The highest BCUT2D eigenvalue weighted by atomic mass is 79.9. The van der Waals surface area contributed by atoms with Crippen LogP contribution in [0.15, 0.2) is 39.0 Å². The fourth-order valence-corrected chi connectivity index (χ4v) is 3.94. The normalized spacial score (nSPS) is 15.8. The summed E-state index contributed by atoms with van der Waals surface area (Å²) in [7, 11) is 0. The average Bonchev–Trinajstić information content (AvgIpc) is 3.00. The number of carbonyl (C=O) groups is 1. The number of amides is 1. The second-order valence-electron chi connectivity index (χ2n) is 5.35. The minimum absolute atomic E-state index is 0.0791. The van der Waals surface area contributed by atoms with E-state index in [9.17, 15) is 9.59 Å². The number of rotatable bonds is 4. The standard InChI is InChI=1S/C15H17BrN4O2S/c16-12-10-13(23-11-12)15(22)19-7-4-18(5-8-19)6-9-20-14(21)2-1-3-17-20/h1-3,10-11H,4-9H2. The van der Waals surface area contributed by atoms with Gasteiger partial charge in [-0.15, -0.1) is 11.3 Å². The Morgan fingerprint density at radius 3 is 2.70 bits per heavy atom. The minimum Gasteiger partial charge on any atom is -0.335 e. The van der Waals surface area contributed by atoms with E-state index in [1.807, 2.05) is 16.3 Å². The van der Waals surface area contributed by atoms with Crippen molar-refractivity contribution in [2.75, 3.05) is 32.7 Å². The molecule has 1 aliphatic rings. The molecule has 0 N–H and O–H groups in total. The van der Waals surface area contributed by atoms with Crippen LogP contribution >= 0.6 is 27.3 Å². The lowest BCUT2D eigenvalue weighted by atomic mass is 10.3. The van der Waals surface area contributed by atoms with E-state index in [0.29, 0.717) is 19.6 Å². The third-order valence-corrected chi connectivity index (χ3v) is 5.53. The van der Waals surface area contributed by atoms with E-state index >= 15 is 0 Å². The van der Waals surface area contributed by atoms with Crippen molar-refractivity contribution in [3.8, 4) is 0 Å². The molecule has 0 saturated carbocycles. The molecule has 23 heavy (non-hydrogen) atoms. The second kappa shape index (κ2) is 7.37. The smallest absolute Gasteiger partial charge is 0.266 e. The predicted octanol–water partition coefficient (Wildman–Crippen LogP) is 1.53. The summed E-state index contributed by atoms with van der Waals surface area (Å²) in [5, 5.41) is 5.98. The molecule has 1 saturated heterocycles. The highest BCUT2D eigenvalue weighted by Gasteiger charge is 2.22. The molecule has 1 amide bonds. The fraction of sp³-hybridized carbons (Fsp3) is 0.400. The number of nitrogens with zero attached hydrogens (tertiary/aromatic N) is 4. The van der Waals surface area contributed by atoms with Gasteiger partial charge in [-0.05, 0) is 28.1 Å². The number of halogens is 1. The van der Waals surface area contributed by atoms with E-state index in [2.05, 4.69) is 25.9 Å². The topological polar surface area (TPSA) is 58.4 Å². The molecular formula is C15H17BrN4O2S. The Hall–Kier alpha value is -1.51. The van der Waals surface area contributed by atoms with Gasteiger partial charge in [-0.2, -0.15) is 5.10 Å². The zero-order valence-electron chi connectivity index (χ0n) is 12.5. The lowest BCUT2D eigenvalue weighted by Gasteiger charge is -2.34. The summed E-state index contributed by atoms with van der Waals surface area (Å²) in [5.41, 5.74) is -0.0791. The van der Waals surface area contributed by atoms with Crippen LogP contribution in [-0.4, -0.2) is 58.2 Å². The van der Waals surface area contributed by atoms with Gasteiger partial charge in [-0.1, -0.05) is 0 Å². The number of hydrogen-bond donors (Lipinski definition) is 0. The third-order valence-electron chi connectivity index (χ3n) is 3.85. The Morgan fingerprint density at radius 1 is 1.26 bits per heavy atom. The molecule has 1 fully saturated rings. The minimum atomic E-state index is -0.0791. The van der Waals surface area contributed by atoms with Crippen LogP contribution in [0.25, 0.3) is 0 Å². The van der Waals surface area contributed by atoms with Crippen LogP contribution in [0.3, 0.4) is 0 Å². The lowest BCUT2D eigenvalue weighted by Crippen LogP contribution is -2.49. The highest BCUT2D eigenvalue weighted by molar-refractivity contribution is 9.10. The molecule has 0 bridgehead atoms. The first-order valence-electron chi connectivity index (χ1n) is 7.41. The van der Waals surface area contributed by atoms with Crippen LogP contribution in [0.1, 0.15) is 9.67 Å². The summed E-state index contributed by atoms with van der Waals surface area (Å²) in [6.45, 7) is 4.41. The fourth-order valence-electron chi connectivity index (χ4n) is 2.55. The van der Waals surface area contributed by atoms with Crippen molar-refractivity contribution in [2.24, 2.45) is 0 Å². The van der Waals surface area contributed by atoms with Crippen LogP contribution < -0.4 is 5.56 Å². The van der Waals surface area contributed by atoms with E-state index < -0.39 is 0 Å². The Bertz CT molecular complexity index is 737. The summed E-state index contributed by atoms with van der Waals surface area (Å²) in [4.78, 5) is 28.9. The number of aromatic nitrogens is 2. The summed E-state index contributed by atoms with van der Waals surface area (Å²) >= 11 is 4.84. The maximum absolute atomic E-state index is 12.4. The van der Waals surface area contributed by atoms with Crippen LogP contribution in [0.2, 0.25) is 0 Å². The quantitative estimate of drug-likeness (QED) is 0.785. The van der Waals surface area contributed by atoms with E-state index in [1.54, 1.807) is 12.3 Å². The van der Waals surface area contributed by atoms with Crippen LogP contribution in [-0.2, 0) is 6.54 Å². The van der Waals surface area contributed by atoms with Crippen LogP contribution in [0, 0.1) is 0 Å². The Balaban J connectivity index is 1.50. The average molecular weight is 397 g/mol.